The molecule has 0 aromatic heterocycles. The van der Waals surface area contributed by atoms with E-state index in [0.29, 0.717) is 0 Å². The zero-order valence-corrected chi connectivity index (χ0v) is 9.80. The number of rotatable bonds is 4. The maximum atomic E-state index is 11.7. The first-order chi connectivity index (χ1) is 5.61. The maximum absolute atomic E-state index is 11.7. The highest BCUT2D eigenvalue weighted by Gasteiger charge is 2.42. The third-order valence-electron chi connectivity index (χ3n) is 1.31. The summed E-state index contributed by atoms with van der Waals surface area (Å²) in [6.45, 7) is 1.96. The van der Waals surface area contributed by atoms with Gasteiger partial charge in [0.2, 0.25) is 0 Å². The molecule has 0 rings (SSSR count). The monoisotopic (exact) mass is 230 g/mol. The highest BCUT2D eigenvalue weighted by Crippen LogP contribution is 2.57. The molecule has 0 bridgehead atoms. The molecule has 1 atom stereocenters. The quantitative estimate of drug-likeness (QED) is 0.589. The SMILES string of the molecule is CC(C)OP(=O)(C(C)C)S(=O)(=O)O. The van der Waals surface area contributed by atoms with Gasteiger partial charge in [-0.05, 0) is 13.8 Å². The zero-order chi connectivity index (χ0) is 10.9. The standard InChI is InChI=1S/C6H15O5PS/c1-5(2)11-12(7,6(3)4)13(8,9)10/h5-6H,1-4H3,(H,8,9,10). The second-order valence-corrected chi connectivity index (χ2v) is 9.37. The van der Waals surface area contributed by atoms with Crippen molar-refractivity contribution in [2.75, 3.05) is 0 Å². The lowest BCUT2D eigenvalue weighted by Crippen LogP contribution is -2.15. The fraction of sp³-hybridized carbons (Fsp3) is 1.00. The molecule has 80 valence electrons. The van der Waals surface area contributed by atoms with Crippen LogP contribution in [0, 0.1) is 0 Å². The lowest BCUT2D eigenvalue weighted by molar-refractivity contribution is 0.246. The minimum Gasteiger partial charge on any atom is -0.313 e. The topological polar surface area (TPSA) is 80.7 Å². The number of hydrogen-bond donors (Lipinski definition) is 1. The van der Waals surface area contributed by atoms with Crippen molar-refractivity contribution in [2.24, 2.45) is 0 Å². The lowest BCUT2D eigenvalue weighted by Gasteiger charge is -2.20. The van der Waals surface area contributed by atoms with Crippen LogP contribution in [0.25, 0.3) is 0 Å². The molecule has 0 saturated carbocycles. The summed E-state index contributed by atoms with van der Waals surface area (Å²) in [5, 5.41) is 0. The predicted molar refractivity (Wildman–Crippen MR) is 50.5 cm³/mol. The van der Waals surface area contributed by atoms with Gasteiger partial charge >= 0.3 is 16.3 Å². The zero-order valence-electron chi connectivity index (χ0n) is 8.09. The molecular formula is C6H15O5PS. The highest BCUT2D eigenvalue weighted by atomic mass is 32.8. The van der Waals surface area contributed by atoms with Crippen molar-refractivity contribution >= 4 is 16.3 Å². The summed E-state index contributed by atoms with van der Waals surface area (Å²) in [6.07, 6.45) is -0.504. The summed E-state index contributed by atoms with van der Waals surface area (Å²) in [7, 11) is -4.63. The Labute approximate surface area is 78.4 Å². The third kappa shape index (κ3) is 3.06. The summed E-state index contributed by atoms with van der Waals surface area (Å²) in [5.74, 6) is 0. The second kappa shape index (κ2) is 4.09. The first-order valence-corrected chi connectivity index (χ1v) is 7.61. The smallest absolute Gasteiger partial charge is 0.313 e. The van der Waals surface area contributed by atoms with Crippen LogP contribution in [0.3, 0.4) is 0 Å². The summed E-state index contributed by atoms with van der Waals surface area (Å²) in [6, 6.07) is 0. The Bertz CT molecular complexity index is 305. The Morgan fingerprint density at radius 1 is 1.23 bits per heavy atom. The summed E-state index contributed by atoms with van der Waals surface area (Å²) in [4.78, 5) is 0. The van der Waals surface area contributed by atoms with E-state index in [1.54, 1.807) is 13.8 Å². The van der Waals surface area contributed by atoms with Gasteiger partial charge in [-0.25, -0.2) is 0 Å². The molecule has 0 aliphatic carbocycles. The van der Waals surface area contributed by atoms with Gasteiger partial charge in [-0.1, -0.05) is 13.8 Å². The van der Waals surface area contributed by atoms with E-state index in [1.165, 1.54) is 13.8 Å². The summed E-state index contributed by atoms with van der Waals surface area (Å²) >= 11 is 0. The van der Waals surface area contributed by atoms with E-state index >= 15 is 0 Å². The molecule has 0 fully saturated rings. The fourth-order valence-electron chi connectivity index (χ4n) is 0.736. The highest BCUT2D eigenvalue weighted by molar-refractivity contribution is 8.48. The molecule has 0 aromatic carbocycles. The van der Waals surface area contributed by atoms with Crippen LogP contribution in [0.4, 0.5) is 0 Å². The largest absolute Gasteiger partial charge is 0.344 e. The molecule has 7 heteroatoms. The van der Waals surface area contributed by atoms with Crippen molar-refractivity contribution in [3.8, 4) is 0 Å². The van der Waals surface area contributed by atoms with E-state index in [4.69, 9.17) is 9.08 Å². The molecule has 5 nitrogen and oxygen atoms in total. The van der Waals surface area contributed by atoms with Gasteiger partial charge in [0.1, 0.15) is 0 Å². The van der Waals surface area contributed by atoms with E-state index < -0.39 is 28.1 Å². The Morgan fingerprint density at radius 3 is 1.69 bits per heavy atom. The molecule has 0 aromatic rings. The third-order valence-corrected chi connectivity index (χ3v) is 7.39. The van der Waals surface area contributed by atoms with Crippen LogP contribution < -0.4 is 0 Å². The molecule has 0 saturated heterocycles. The van der Waals surface area contributed by atoms with Crippen LogP contribution in [0.5, 0.6) is 0 Å². The van der Waals surface area contributed by atoms with E-state index in [1.807, 2.05) is 0 Å². The van der Waals surface area contributed by atoms with E-state index in [9.17, 15) is 13.0 Å². The summed E-state index contributed by atoms with van der Waals surface area (Å²) < 4.78 is 46.8. The number of hydrogen-bond acceptors (Lipinski definition) is 4. The van der Waals surface area contributed by atoms with Gasteiger partial charge in [0.05, 0.1) is 6.10 Å². The van der Waals surface area contributed by atoms with Crippen LogP contribution in [0.1, 0.15) is 27.7 Å². The molecule has 0 aliphatic heterocycles. The van der Waals surface area contributed by atoms with Gasteiger partial charge in [0.15, 0.2) is 0 Å². The van der Waals surface area contributed by atoms with Gasteiger partial charge in [-0.2, -0.15) is 8.42 Å². The van der Waals surface area contributed by atoms with Crippen molar-refractivity contribution in [1.82, 2.24) is 0 Å². The molecular weight excluding hydrogens is 215 g/mol. The molecule has 1 unspecified atom stereocenters. The van der Waals surface area contributed by atoms with Crippen LogP contribution in [0.15, 0.2) is 0 Å². The van der Waals surface area contributed by atoms with Gasteiger partial charge in [0.25, 0.3) is 0 Å². The predicted octanol–water partition coefficient (Wildman–Crippen LogP) is 1.90. The molecule has 1 N–H and O–H groups in total. The van der Waals surface area contributed by atoms with Crippen molar-refractivity contribution in [3.05, 3.63) is 0 Å². The normalized spacial score (nSPS) is 17.8. The maximum Gasteiger partial charge on any atom is 0.344 e. The first kappa shape index (κ1) is 13.1. The van der Waals surface area contributed by atoms with Crippen LogP contribution in [-0.4, -0.2) is 24.7 Å². The lowest BCUT2D eigenvalue weighted by atomic mass is 10.5. The Balaban J connectivity index is 5.11. The van der Waals surface area contributed by atoms with E-state index in [2.05, 4.69) is 0 Å². The fourth-order valence-corrected chi connectivity index (χ4v) is 4.65. The Morgan fingerprint density at radius 2 is 1.62 bits per heavy atom. The minimum absolute atomic E-state index is 0.504. The van der Waals surface area contributed by atoms with Crippen LogP contribution >= 0.6 is 6.57 Å². The van der Waals surface area contributed by atoms with Crippen molar-refractivity contribution < 1.29 is 22.1 Å². The molecule has 13 heavy (non-hydrogen) atoms. The van der Waals surface area contributed by atoms with Crippen molar-refractivity contribution in [3.63, 3.8) is 0 Å². The second-order valence-electron chi connectivity index (χ2n) is 3.24. The average Bonchev–Trinajstić information content (AvgIpc) is 1.82. The van der Waals surface area contributed by atoms with E-state index in [0.717, 1.165) is 0 Å². The van der Waals surface area contributed by atoms with Crippen LogP contribution in [-0.2, 0) is 18.8 Å². The van der Waals surface area contributed by atoms with Gasteiger partial charge in [-0.3, -0.25) is 9.12 Å². The minimum atomic E-state index is -4.63. The molecule has 0 spiro atoms. The van der Waals surface area contributed by atoms with Gasteiger partial charge in [0, 0.05) is 5.66 Å². The first-order valence-electron chi connectivity index (χ1n) is 3.87. The Kier molecular flexibility index (Phi) is 4.12. The van der Waals surface area contributed by atoms with Crippen molar-refractivity contribution in [2.45, 2.75) is 39.5 Å². The Hall–Kier alpha value is 0.100. The van der Waals surface area contributed by atoms with E-state index in [-0.39, 0.29) is 0 Å². The van der Waals surface area contributed by atoms with Crippen LogP contribution in [0.2, 0.25) is 0 Å². The van der Waals surface area contributed by atoms with Gasteiger partial charge in [-0.15, -0.1) is 0 Å². The van der Waals surface area contributed by atoms with Crippen molar-refractivity contribution in [1.29, 1.82) is 0 Å². The molecule has 0 aliphatic rings. The molecule has 0 radical (unpaired) electrons. The summed E-state index contributed by atoms with van der Waals surface area (Å²) in [5.41, 5.74) is -0.745. The van der Waals surface area contributed by atoms with Gasteiger partial charge < -0.3 is 4.52 Å². The molecule has 0 heterocycles. The molecule has 0 amide bonds. The average molecular weight is 230 g/mol.